The molecule has 24 heavy (non-hydrogen) atoms. The normalized spacial score (nSPS) is 11.9. The zero-order chi connectivity index (χ0) is 18.2. The number of hydrogen-bond donors (Lipinski definition) is 1. The summed E-state index contributed by atoms with van der Waals surface area (Å²) in [6.07, 6.45) is -1.71. The number of halogens is 3. The molecule has 6 nitrogen and oxygen atoms in total. The van der Waals surface area contributed by atoms with Crippen LogP contribution in [0.5, 0.6) is 0 Å². The van der Waals surface area contributed by atoms with Gasteiger partial charge in [-0.05, 0) is 19.3 Å². The lowest BCUT2D eigenvalue weighted by Gasteiger charge is -2.12. The first-order valence-electron chi connectivity index (χ1n) is 8.18. The topological polar surface area (TPSA) is 77.1 Å². The maximum absolute atomic E-state index is 12.3. The molecule has 0 bridgehead atoms. The third-order valence-corrected chi connectivity index (χ3v) is 3.61. The van der Waals surface area contributed by atoms with Gasteiger partial charge in [0.1, 0.15) is 5.69 Å². The lowest BCUT2D eigenvalue weighted by atomic mass is 10.1. The van der Waals surface area contributed by atoms with Gasteiger partial charge in [0.25, 0.3) is 5.56 Å². The van der Waals surface area contributed by atoms with E-state index in [2.05, 4.69) is 5.10 Å². The van der Waals surface area contributed by atoms with Gasteiger partial charge in [-0.2, -0.15) is 18.3 Å². The van der Waals surface area contributed by atoms with Crippen molar-refractivity contribution < 1.29 is 18.3 Å². The molecular formula is C15H24F3N3O3. The van der Waals surface area contributed by atoms with E-state index in [1.54, 1.807) is 0 Å². The van der Waals surface area contributed by atoms with E-state index in [4.69, 9.17) is 5.11 Å². The standard InChI is InChI=1S/C15H24F3N3O3/c1-2-3-4-5-7-12-13(23)20(9-6-8-15(16,17)18)14(24)21(19-12)10-11-22/h22H,2-11H2,1H3. The average molecular weight is 351 g/mol. The molecule has 0 aliphatic carbocycles. The summed E-state index contributed by atoms with van der Waals surface area (Å²) in [4.78, 5) is 24.4. The Balaban J connectivity index is 2.99. The van der Waals surface area contributed by atoms with Gasteiger partial charge in [0, 0.05) is 13.0 Å². The van der Waals surface area contributed by atoms with Crippen LogP contribution in [-0.4, -0.2) is 32.2 Å². The Morgan fingerprint density at radius 1 is 1.08 bits per heavy atom. The monoisotopic (exact) mass is 351 g/mol. The van der Waals surface area contributed by atoms with Crippen LogP contribution < -0.4 is 11.2 Å². The van der Waals surface area contributed by atoms with Crippen LogP contribution in [0.15, 0.2) is 9.59 Å². The van der Waals surface area contributed by atoms with Crippen LogP contribution in [-0.2, 0) is 19.5 Å². The highest BCUT2D eigenvalue weighted by Crippen LogP contribution is 2.21. The highest BCUT2D eigenvalue weighted by molar-refractivity contribution is 4.95. The van der Waals surface area contributed by atoms with E-state index >= 15 is 0 Å². The van der Waals surface area contributed by atoms with E-state index in [9.17, 15) is 22.8 Å². The molecule has 0 atom stereocenters. The molecule has 0 saturated carbocycles. The minimum Gasteiger partial charge on any atom is -0.394 e. The summed E-state index contributed by atoms with van der Waals surface area (Å²) in [7, 11) is 0. The van der Waals surface area contributed by atoms with Gasteiger partial charge >= 0.3 is 11.9 Å². The first kappa shape index (κ1) is 20.4. The van der Waals surface area contributed by atoms with Gasteiger partial charge in [0.2, 0.25) is 0 Å². The second kappa shape index (κ2) is 9.61. The van der Waals surface area contributed by atoms with Crippen LogP contribution in [0.3, 0.4) is 0 Å². The lowest BCUT2D eigenvalue weighted by Crippen LogP contribution is -2.44. The highest BCUT2D eigenvalue weighted by Gasteiger charge is 2.26. The second-order valence-electron chi connectivity index (χ2n) is 5.66. The summed E-state index contributed by atoms with van der Waals surface area (Å²) in [6, 6.07) is 0. The molecule has 1 rings (SSSR count). The SMILES string of the molecule is CCCCCCc1nn(CCO)c(=O)n(CCCC(F)(F)F)c1=O. The van der Waals surface area contributed by atoms with Crippen LogP contribution >= 0.6 is 0 Å². The van der Waals surface area contributed by atoms with Crippen molar-refractivity contribution in [3.8, 4) is 0 Å². The number of aromatic nitrogens is 3. The van der Waals surface area contributed by atoms with Crippen molar-refractivity contribution in [3.05, 3.63) is 26.5 Å². The summed E-state index contributed by atoms with van der Waals surface area (Å²) >= 11 is 0. The van der Waals surface area contributed by atoms with E-state index in [0.717, 1.165) is 34.9 Å². The Bertz CT molecular complexity index is 623. The van der Waals surface area contributed by atoms with Crippen LogP contribution in [0, 0.1) is 0 Å². The minimum absolute atomic E-state index is 0.0969. The van der Waals surface area contributed by atoms with Gasteiger partial charge in [-0.15, -0.1) is 0 Å². The predicted octanol–water partition coefficient (Wildman–Crippen LogP) is 1.86. The zero-order valence-corrected chi connectivity index (χ0v) is 13.8. The van der Waals surface area contributed by atoms with Crippen molar-refractivity contribution in [3.63, 3.8) is 0 Å². The Morgan fingerprint density at radius 3 is 2.38 bits per heavy atom. The number of hydrogen-bond acceptors (Lipinski definition) is 4. The van der Waals surface area contributed by atoms with E-state index < -0.39 is 23.8 Å². The third-order valence-electron chi connectivity index (χ3n) is 3.61. The van der Waals surface area contributed by atoms with Crippen molar-refractivity contribution in [2.45, 2.75) is 71.1 Å². The molecule has 1 heterocycles. The van der Waals surface area contributed by atoms with Crippen LogP contribution in [0.25, 0.3) is 0 Å². The van der Waals surface area contributed by atoms with Gasteiger partial charge < -0.3 is 5.11 Å². The van der Waals surface area contributed by atoms with Crippen molar-refractivity contribution in [2.24, 2.45) is 0 Å². The summed E-state index contributed by atoms with van der Waals surface area (Å²) < 4.78 is 38.5. The molecule has 1 N–H and O–H groups in total. The minimum atomic E-state index is -4.33. The van der Waals surface area contributed by atoms with Crippen molar-refractivity contribution >= 4 is 0 Å². The van der Waals surface area contributed by atoms with Crippen LogP contribution in [0.4, 0.5) is 13.2 Å². The highest BCUT2D eigenvalue weighted by atomic mass is 19.4. The Morgan fingerprint density at radius 2 is 1.79 bits per heavy atom. The quantitative estimate of drug-likeness (QED) is 0.653. The molecule has 0 fully saturated rings. The number of rotatable bonds is 10. The molecule has 0 amide bonds. The van der Waals surface area contributed by atoms with Gasteiger partial charge in [0.05, 0.1) is 13.2 Å². The van der Waals surface area contributed by atoms with E-state index in [0.29, 0.717) is 6.42 Å². The molecule has 0 spiro atoms. The first-order valence-corrected chi connectivity index (χ1v) is 8.18. The molecule has 0 aliphatic heterocycles. The number of nitrogens with zero attached hydrogens (tertiary/aromatic N) is 3. The van der Waals surface area contributed by atoms with Crippen molar-refractivity contribution in [2.75, 3.05) is 6.61 Å². The number of unbranched alkanes of at least 4 members (excludes halogenated alkanes) is 3. The summed E-state index contributed by atoms with van der Waals surface area (Å²) in [5.41, 5.74) is -1.26. The molecule has 1 aromatic heterocycles. The smallest absolute Gasteiger partial charge is 0.389 e. The fourth-order valence-corrected chi connectivity index (χ4v) is 2.36. The van der Waals surface area contributed by atoms with Crippen LogP contribution in [0.1, 0.15) is 51.1 Å². The number of aliphatic hydroxyl groups excluding tert-OH is 1. The zero-order valence-electron chi connectivity index (χ0n) is 13.8. The van der Waals surface area contributed by atoms with Crippen molar-refractivity contribution in [1.82, 2.24) is 14.3 Å². The summed E-state index contributed by atoms with van der Waals surface area (Å²) in [5.74, 6) is 0. The fraction of sp³-hybridized carbons (Fsp3) is 0.800. The predicted molar refractivity (Wildman–Crippen MR) is 83.0 cm³/mol. The van der Waals surface area contributed by atoms with Gasteiger partial charge in [-0.3, -0.25) is 9.36 Å². The van der Waals surface area contributed by atoms with Crippen molar-refractivity contribution in [1.29, 1.82) is 0 Å². The van der Waals surface area contributed by atoms with Gasteiger partial charge in [-0.25, -0.2) is 9.48 Å². The largest absolute Gasteiger partial charge is 0.394 e. The maximum Gasteiger partial charge on any atom is 0.389 e. The molecule has 0 unspecified atom stereocenters. The average Bonchev–Trinajstić information content (AvgIpc) is 2.50. The lowest BCUT2D eigenvalue weighted by molar-refractivity contribution is -0.136. The van der Waals surface area contributed by atoms with Gasteiger partial charge in [0.15, 0.2) is 0 Å². The number of alkyl halides is 3. The van der Waals surface area contributed by atoms with E-state index in [-0.39, 0.29) is 31.8 Å². The molecule has 0 radical (unpaired) electrons. The molecular weight excluding hydrogens is 327 g/mol. The molecule has 0 aromatic carbocycles. The Kier molecular flexibility index (Phi) is 8.17. The van der Waals surface area contributed by atoms with E-state index in [1.807, 2.05) is 6.92 Å². The number of aryl methyl sites for hydroxylation is 1. The number of aliphatic hydroxyl groups is 1. The molecule has 0 saturated heterocycles. The van der Waals surface area contributed by atoms with Gasteiger partial charge in [-0.1, -0.05) is 26.2 Å². The molecule has 138 valence electrons. The Labute approximate surface area is 137 Å². The third kappa shape index (κ3) is 6.46. The molecule has 0 aliphatic rings. The second-order valence-corrected chi connectivity index (χ2v) is 5.66. The first-order chi connectivity index (χ1) is 11.3. The summed E-state index contributed by atoms with van der Waals surface area (Å²) in [6.45, 7) is 1.30. The van der Waals surface area contributed by atoms with E-state index in [1.165, 1.54) is 0 Å². The maximum atomic E-state index is 12.3. The Hall–Kier alpha value is -1.64. The summed E-state index contributed by atoms with van der Waals surface area (Å²) in [5, 5.41) is 13.0. The molecule has 9 heteroatoms. The van der Waals surface area contributed by atoms with Crippen LogP contribution in [0.2, 0.25) is 0 Å². The fourth-order valence-electron chi connectivity index (χ4n) is 2.36. The molecule has 1 aromatic rings.